The number of hydrazone groups is 1. The van der Waals surface area contributed by atoms with E-state index in [1.165, 1.54) is 22.5 Å². The normalized spacial score (nSPS) is 10.9. The third kappa shape index (κ3) is 4.20. The smallest absolute Gasteiger partial charge is 0.203 e. The summed E-state index contributed by atoms with van der Waals surface area (Å²) in [5.41, 5.74) is 7.26. The van der Waals surface area contributed by atoms with Crippen LogP contribution in [0.15, 0.2) is 59.0 Å². The summed E-state index contributed by atoms with van der Waals surface area (Å²) in [5.74, 6) is 0.807. The van der Waals surface area contributed by atoms with Gasteiger partial charge in [-0.05, 0) is 37.1 Å². The lowest BCUT2D eigenvalue weighted by molar-refractivity contribution is 0.305. The van der Waals surface area contributed by atoms with Crippen molar-refractivity contribution in [1.82, 2.24) is 4.98 Å². The molecule has 0 radical (unpaired) electrons. The SMILES string of the molecule is Cc1csc(NN=Cc2ccccc2OCc2ccccc2C)n1. The molecule has 2 aromatic carbocycles. The van der Waals surface area contributed by atoms with Crippen LogP contribution in [0.1, 0.15) is 22.4 Å². The Morgan fingerprint density at radius 1 is 1.12 bits per heavy atom. The van der Waals surface area contributed by atoms with Crippen LogP contribution < -0.4 is 10.2 Å². The number of aryl methyl sites for hydroxylation is 2. The number of hydrogen-bond donors (Lipinski definition) is 1. The number of anilines is 1. The largest absolute Gasteiger partial charge is 0.488 e. The molecule has 3 aromatic rings. The zero-order chi connectivity index (χ0) is 16.8. The van der Waals surface area contributed by atoms with Crippen LogP contribution in [0.4, 0.5) is 5.13 Å². The van der Waals surface area contributed by atoms with E-state index in [0.717, 1.165) is 22.1 Å². The first-order chi connectivity index (χ1) is 11.7. The van der Waals surface area contributed by atoms with Crippen molar-refractivity contribution in [2.75, 3.05) is 5.43 Å². The van der Waals surface area contributed by atoms with Gasteiger partial charge in [0.15, 0.2) is 0 Å². The van der Waals surface area contributed by atoms with Gasteiger partial charge in [-0.3, -0.25) is 5.43 Å². The molecule has 3 rings (SSSR count). The van der Waals surface area contributed by atoms with Crippen LogP contribution in [-0.4, -0.2) is 11.2 Å². The Morgan fingerprint density at radius 3 is 2.71 bits per heavy atom. The molecule has 0 saturated heterocycles. The molecule has 0 aliphatic heterocycles. The van der Waals surface area contributed by atoms with Gasteiger partial charge in [-0.15, -0.1) is 11.3 Å². The molecule has 0 aliphatic carbocycles. The van der Waals surface area contributed by atoms with E-state index in [2.05, 4.69) is 34.6 Å². The van der Waals surface area contributed by atoms with Crippen molar-refractivity contribution >= 4 is 22.7 Å². The van der Waals surface area contributed by atoms with Gasteiger partial charge in [0.25, 0.3) is 0 Å². The summed E-state index contributed by atoms with van der Waals surface area (Å²) in [6.45, 7) is 4.59. The molecule has 0 aliphatic rings. The first-order valence-corrected chi connectivity index (χ1v) is 8.58. The quantitative estimate of drug-likeness (QED) is 0.520. The number of ether oxygens (including phenoxy) is 1. The number of nitrogens with one attached hydrogen (secondary N) is 1. The number of nitrogens with zero attached hydrogens (tertiary/aromatic N) is 2. The second-order valence-corrected chi connectivity index (χ2v) is 6.28. The van der Waals surface area contributed by atoms with Crippen molar-refractivity contribution < 1.29 is 4.74 Å². The van der Waals surface area contributed by atoms with Gasteiger partial charge in [-0.1, -0.05) is 36.4 Å². The third-order valence-corrected chi connectivity index (χ3v) is 4.41. The fourth-order valence-electron chi connectivity index (χ4n) is 2.21. The Labute approximate surface area is 145 Å². The summed E-state index contributed by atoms with van der Waals surface area (Å²) >= 11 is 1.53. The zero-order valence-electron chi connectivity index (χ0n) is 13.7. The van der Waals surface area contributed by atoms with E-state index in [9.17, 15) is 0 Å². The minimum Gasteiger partial charge on any atom is -0.488 e. The predicted octanol–water partition coefficient (Wildman–Crippen LogP) is 4.78. The van der Waals surface area contributed by atoms with Crippen molar-refractivity contribution in [3.8, 4) is 5.75 Å². The first-order valence-electron chi connectivity index (χ1n) is 7.70. The van der Waals surface area contributed by atoms with Crippen molar-refractivity contribution in [3.63, 3.8) is 0 Å². The maximum absolute atomic E-state index is 5.98. The van der Waals surface area contributed by atoms with Crippen LogP contribution in [0.25, 0.3) is 0 Å². The van der Waals surface area contributed by atoms with Crippen molar-refractivity contribution in [2.45, 2.75) is 20.5 Å². The maximum atomic E-state index is 5.98. The average Bonchev–Trinajstić information content (AvgIpc) is 3.00. The van der Waals surface area contributed by atoms with E-state index in [-0.39, 0.29) is 0 Å². The van der Waals surface area contributed by atoms with Crippen LogP contribution in [0, 0.1) is 13.8 Å². The molecule has 0 fully saturated rings. The van der Waals surface area contributed by atoms with Crippen molar-refractivity contribution in [2.24, 2.45) is 5.10 Å². The second kappa shape index (κ2) is 7.75. The van der Waals surface area contributed by atoms with Gasteiger partial charge in [-0.25, -0.2) is 4.98 Å². The highest BCUT2D eigenvalue weighted by Gasteiger charge is 2.03. The Hall–Kier alpha value is -2.66. The van der Waals surface area contributed by atoms with Crippen LogP contribution in [0.2, 0.25) is 0 Å². The number of rotatable bonds is 6. The fraction of sp³-hybridized carbons (Fsp3) is 0.158. The van der Waals surface area contributed by atoms with E-state index in [1.54, 1.807) is 6.21 Å². The molecule has 1 aromatic heterocycles. The lowest BCUT2D eigenvalue weighted by Gasteiger charge is -2.10. The topological polar surface area (TPSA) is 46.5 Å². The standard InChI is InChI=1S/C19H19N3OS/c1-14-7-3-4-9-17(14)12-23-18-10-6-5-8-16(18)11-20-22-19-21-15(2)13-24-19/h3-11,13H,12H2,1-2H3,(H,21,22). The maximum Gasteiger partial charge on any atom is 0.203 e. The van der Waals surface area contributed by atoms with Gasteiger partial charge < -0.3 is 4.74 Å². The molecule has 0 bridgehead atoms. The summed E-state index contributed by atoms with van der Waals surface area (Å²) < 4.78 is 5.98. The molecular formula is C19H19N3OS. The number of para-hydroxylation sites is 1. The highest BCUT2D eigenvalue weighted by molar-refractivity contribution is 7.13. The predicted molar refractivity (Wildman–Crippen MR) is 100 cm³/mol. The van der Waals surface area contributed by atoms with E-state index in [0.29, 0.717) is 6.61 Å². The second-order valence-electron chi connectivity index (χ2n) is 5.42. The van der Waals surface area contributed by atoms with Gasteiger partial charge in [0.1, 0.15) is 12.4 Å². The molecule has 0 unspecified atom stereocenters. The summed E-state index contributed by atoms with van der Waals surface area (Å²) in [6, 6.07) is 16.1. The molecule has 1 N–H and O–H groups in total. The summed E-state index contributed by atoms with van der Waals surface area (Å²) in [6.07, 6.45) is 1.75. The van der Waals surface area contributed by atoms with Gasteiger partial charge >= 0.3 is 0 Å². The molecule has 122 valence electrons. The lowest BCUT2D eigenvalue weighted by atomic mass is 10.1. The molecule has 0 amide bonds. The highest BCUT2D eigenvalue weighted by atomic mass is 32.1. The van der Waals surface area contributed by atoms with Gasteiger partial charge in [0.05, 0.1) is 11.9 Å². The minimum atomic E-state index is 0.538. The van der Waals surface area contributed by atoms with Crippen LogP contribution >= 0.6 is 11.3 Å². The number of thiazole rings is 1. The van der Waals surface area contributed by atoms with Gasteiger partial charge in [0, 0.05) is 10.9 Å². The summed E-state index contributed by atoms with van der Waals surface area (Å²) in [5, 5.41) is 7.01. The molecule has 5 heteroatoms. The summed E-state index contributed by atoms with van der Waals surface area (Å²) in [4.78, 5) is 4.31. The first kappa shape index (κ1) is 16.2. The molecule has 24 heavy (non-hydrogen) atoms. The van der Waals surface area contributed by atoms with Gasteiger partial charge in [-0.2, -0.15) is 5.10 Å². The highest BCUT2D eigenvalue weighted by Crippen LogP contribution is 2.19. The molecule has 0 saturated carbocycles. The minimum absolute atomic E-state index is 0.538. The zero-order valence-corrected chi connectivity index (χ0v) is 14.5. The molecule has 1 heterocycles. The average molecular weight is 337 g/mol. The van der Waals surface area contributed by atoms with Crippen molar-refractivity contribution in [3.05, 3.63) is 76.3 Å². The number of benzene rings is 2. The Morgan fingerprint density at radius 2 is 1.92 bits per heavy atom. The van der Waals surface area contributed by atoms with E-state index >= 15 is 0 Å². The third-order valence-electron chi connectivity index (χ3n) is 3.55. The van der Waals surface area contributed by atoms with E-state index in [1.807, 2.05) is 48.7 Å². The molecule has 0 spiro atoms. The summed E-state index contributed by atoms with van der Waals surface area (Å²) in [7, 11) is 0. The Kier molecular flexibility index (Phi) is 5.23. The van der Waals surface area contributed by atoms with E-state index in [4.69, 9.17) is 4.74 Å². The van der Waals surface area contributed by atoms with Crippen LogP contribution in [-0.2, 0) is 6.61 Å². The Bertz CT molecular complexity index is 842. The fourth-order valence-corrected chi connectivity index (χ4v) is 2.85. The lowest BCUT2D eigenvalue weighted by Crippen LogP contribution is -2.00. The van der Waals surface area contributed by atoms with E-state index < -0.39 is 0 Å². The van der Waals surface area contributed by atoms with Crippen LogP contribution in [0.3, 0.4) is 0 Å². The number of hydrogen-bond acceptors (Lipinski definition) is 5. The van der Waals surface area contributed by atoms with Gasteiger partial charge in [0.2, 0.25) is 5.13 Å². The monoisotopic (exact) mass is 337 g/mol. The van der Waals surface area contributed by atoms with Crippen LogP contribution in [0.5, 0.6) is 5.75 Å². The molecule has 4 nitrogen and oxygen atoms in total. The molecule has 0 atom stereocenters. The Balaban J connectivity index is 1.67. The number of aromatic nitrogens is 1. The molecular weight excluding hydrogens is 318 g/mol. The van der Waals surface area contributed by atoms with Crippen molar-refractivity contribution in [1.29, 1.82) is 0 Å².